The Hall–Kier alpha value is -2.95. The third kappa shape index (κ3) is 5.03. The van der Waals surface area contributed by atoms with Crippen molar-refractivity contribution >= 4 is 17.7 Å². The molecule has 2 aromatic rings. The highest BCUT2D eigenvalue weighted by Gasteiger charge is 2.20. The molecular weight excluding hydrogens is 340 g/mol. The SMILES string of the molecule is CCOc1ccc(C=CC(=O)N2CCN(c3cccc(OC)c3)CC2)cc1. The van der Waals surface area contributed by atoms with E-state index in [0.717, 1.165) is 35.8 Å². The van der Waals surface area contributed by atoms with Gasteiger partial charge < -0.3 is 19.3 Å². The van der Waals surface area contributed by atoms with Crippen LogP contribution >= 0.6 is 0 Å². The molecule has 142 valence electrons. The summed E-state index contributed by atoms with van der Waals surface area (Å²) in [5, 5.41) is 0. The lowest BCUT2D eigenvalue weighted by molar-refractivity contribution is -0.126. The summed E-state index contributed by atoms with van der Waals surface area (Å²) in [6.07, 6.45) is 3.50. The predicted octanol–water partition coefficient (Wildman–Crippen LogP) is 3.46. The Bertz CT molecular complexity index is 778. The molecular formula is C22H26N2O3. The van der Waals surface area contributed by atoms with Gasteiger partial charge in [-0.05, 0) is 42.8 Å². The van der Waals surface area contributed by atoms with E-state index in [1.54, 1.807) is 13.2 Å². The van der Waals surface area contributed by atoms with Gasteiger partial charge in [0.15, 0.2) is 0 Å². The van der Waals surface area contributed by atoms with E-state index in [1.165, 1.54) is 0 Å². The normalized spacial score (nSPS) is 14.4. The van der Waals surface area contributed by atoms with E-state index in [1.807, 2.05) is 60.4 Å². The third-order valence-electron chi connectivity index (χ3n) is 4.62. The highest BCUT2D eigenvalue weighted by molar-refractivity contribution is 5.92. The van der Waals surface area contributed by atoms with Gasteiger partial charge in [0.25, 0.3) is 0 Å². The van der Waals surface area contributed by atoms with Crippen molar-refractivity contribution in [2.75, 3.05) is 44.8 Å². The molecule has 0 saturated carbocycles. The zero-order valence-corrected chi connectivity index (χ0v) is 15.9. The van der Waals surface area contributed by atoms with E-state index < -0.39 is 0 Å². The number of anilines is 1. The number of carbonyl (C=O) groups is 1. The topological polar surface area (TPSA) is 42.0 Å². The van der Waals surface area contributed by atoms with Gasteiger partial charge in [-0.15, -0.1) is 0 Å². The maximum atomic E-state index is 12.5. The van der Waals surface area contributed by atoms with E-state index in [0.29, 0.717) is 19.7 Å². The van der Waals surface area contributed by atoms with Crippen LogP contribution in [0, 0.1) is 0 Å². The van der Waals surface area contributed by atoms with Gasteiger partial charge in [0.2, 0.25) is 5.91 Å². The van der Waals surface area contributed by atoms with Crippen LogP contribution in [0.4, 0.5) is 5.69 Å². The fraction of sp³-hybridized carbons (Fsp3) is 0.318. The number of hydrogen-bond acceptors (Lipinski definition) is 4. The highest BCUT2D eigenvalue weighted by atomic mass is 16.5. The Kier molecular flexibility index (Phi) is 6.36. The van der Waals surface area contributed by atoms with E-state index in [9.17, 15) is 4.79 Å². The van der Waals surface area contributed by atoms with Gasteiger partial charge in [0.1, 0.15) is 11.5 Å². The molecule has 2 aromatic carbocycles. The van der Waals surface area contributed by atoms with Gasteiger partial charge in [-0.25, -0.2) is 0 Å². The smallest absolute Gasteiger partial charge is 0.246 e. The highest BCUT2D eigenvalue weighted by Crippen LogP contribution is 2.22. The number of hydrogen-bond donors (Lipinski definition) is 0. The summed E-state index contributed by atoms with van der Waals surface area (Å²) < 4.78 is 10.7. The van der Waals surface area contributed by atoms with Gasteiger partial charge in [0, 0.05) is 44.0 Å². The number of amides is 1. The van der Waals surface area contributed by atoms with Crippen LogP contribution in [0.1, 0.15) is 12.5 Å². The number of piperazine rings is 1. The number of benzene rings is 2. The van der Waals surface area contributed by atoms with Crippen LogP contribution < -0.4 is 14.4 Å². The van der Waals surface area contributed by atoms with Gasteiger partial charge in [-0.1, -0.05) is 18.2 Å². The Balaban J connectivity index is 1.53. The lowest BCUT2D eigenvalue weighted by Crippen LogP contribution is -2.48. The molecule has 0 spiro atoms. The molecule has 5 heteroatoms. The molecule has 0 N–H and O–H groups in total. The molecule has 0 aromatic heterocycles. The van der Waals surface area contributed by atoms with Crippen LogP contribution in [-0.4, -0.2) is 50.7 Å². The van der Waals surface area contributed by atoms with Gasteiger partial charge in [-0.2, -0.15) is 0 Å². The van der Waals surface area contributed by atoms with Crippen LogP contribution in [0.25, 0.3) is 6.08 Å². The Morgan fingerprint density at radius 2 is 1.78 bits per heavy atom. The van der Waals surface area contributed by atoms with Crippen molar-refractivity contribution < 1.29 is 14.3 Å². The van der Waals surface area contributed by atoms with Gasteiger partial charge >= 0.3 is 0 Å². The second-order valence-electron chi connectivity index (χ2n) is 6.35. The minimum atomic E-state index is 0.0502. The fourth-order valence-electron chi connectivity index (χ4n) is 3.11. The maximum absolute atomic E-state index is 12.5. The van der Waals surface area contributed by atoms with Crippen LogP contribution in [0.5, 0.6) is 11.5 Å². The van der Waals surface area contributed by atoms with Crippen molar-refractivity contribution in [1.29, 1.82) is 0 Å². The monoisotopic (exact) mass is 366 g/mol. The maximum Gasteiger partial charge on any atom is 0.246 e. The molecule has 1 saturated heterocycles. The summed E-state index contributed by atoms with van der Waals surface area (Å²) in [6.45, 7) is 5.66. The second-order valence-corrected chi connectivity index (χ2v) is 6.35. The molecule has 0 aliphatic carbocycles. The minimum absolute atomic E-state index is 0.0502. The summed E-state index contributed by atoms with van der Waals surface area (Å²) in [4.78, 5) is 16.6. The number of carbonyl (C=O) groups excluding carboxylic acids is 1. The van der Waals surface area contributed by atoms with Crippen molar-refractivity contribution in [2.45, 2.75) is 6.92 Å². The average Bonchev–Trinajstić information content (AvgIpc) is 2.73. The van der Waals surface area contributed by atoms with E-state index in [2.05, 4.69) is 11.0 Å². The first-order valence-corrected chi connectivity index (χ1v) is 9.28. The minimum Gasteiger partial charge on any atom is -0.497 e. The van der Waals surface area contributed by atoms with Crippen molar-refractivity contribution in [3.8, 4) is 11.5 Å². The molecule has 0 bridgehead atoms. The summed E-state index contributed by atoms with van der Waals surface area (Å²) in [5.74, 6) is 1.74. The number of ether oxygens (including phenoxy) is 2. The van der Waals surface area contributed by atoms with Crippen LogP contribution in [-0.2, 0) is 4.79 Å². The second kappa shape index (κ2) is 9.12. The van der Waals surface area contributed by atoms with E-state index in [-0.39, 0.29) is 5.91 Å². The van der Waals surface area contributed by atoms with Crippen LogP contribution in [0.2, 0.25) is 0 Å². The van der Waals surface area contributed by atoms with Gasteiger partial charge in [-0.3, -0.25) is 4.79 Å². The third-order valence-corrected chi connectivity index (χ3v) is 4.62. The molecule has 1 heterocycles. The molecule has 1 fully saturated rings. The summed E-state index contributed by atoms with van der Waals surface area (Å²) in [5.41, 5.74) is 2.12. The molecule has 0 radical (unpaired) electrons. The average molecular weight is 366 g/mol. The predicted molar refractivity (Wildman–Crippen MR) is 108 cm³/mol. The molecule has 27 heavy (non-hydrogen) atoms. The van der Waals surface area contributed by atoms with Crippen molar-refractivity contribution in [2.24, 2.45) is 0 Å². The molecule has 1 aliphatic heterocycles. The number of methoxy groups -OCH3 is 1. The molecule has 1 aliphatic rings. The zero-order valence-electron chi connectivity index (χ0n) is 15.9. The fourth-order valence-corrected chi connectivity index (χ4v) is 3.11. The zero-order chi connectivity index (χ0) is 19.1. The first kappa shape index (κ1) is 18.8. The standard InChI is InChI=1S/C22H26N2O3/c1-3-27-20-10-7-18(8-11-20)9-12-22(25)24-15-13-23(14-16-24)19-5-4-6-21(17-19)26-2/h4-12,17H,3,13-16H2,1-2H3. The largest absolute Gasteiger partial charge is 0.497 e. The molecule has 0 unspecified atom stereocenters. The summed E-state index contributed by atoms with van der Waals surface area (Å²) >= 11 is 0. The van der Waals surface area contributed by atoms with Crippen molar-refractivity contribution in [1.82, 2.24) is 4.90 Å². The van der Waals surface area contributed by atoms with E-state index >= 15 is 0 Å². The molecule has 5 nitrogen and oxygen atoms in total. The van der Waals surface area contributed by atoms with Crippen molar-refractivity contribution in [3.63, 3.8) is 0 Å². The number of nitrogens with zero attached hydrogens (tertiary/aromatic N) is 2. The summed E-state index contributed by atoms with van der Waals surface area (Å²) in [6, 6.07) is 15.8. The van der Waals surface area contributed by atoms with Crippen LogP contribution in [0.3, 0.4) is 0 Å². The Morgan fingerprint density at radius 3 is 2.44 bits per heavy atom. The Morgan fingerprint density at radius 1 is 1.04 bits per heavy atom. The quantitative estimate of drug-likeness (QED) is 0.735. The first-order valence-electron chi connectivity index (χ1n) is 9.28. The number of rotatable bonds is 6. The van der Waals surface area contributed by atoms with Gasteiger partial charge in [0.05, 0.1) is 13.7 Å². The molecule has 0 atom stereocenters. The lowest BCUT2D eigenvalue weighted by Gasteiger charge is -2.35. The van der Waals surface area contributed by atoms with Crippen molar-refractivity contribution in [3.05, 3.63) is 60.2 Å². The van der Waals surface area contributed by atoms with Crippen LogP contribution in [0.15, 0.2) is 54.6 Å². The Labute approximate surface area is 160 Å². The first-order chi connectivity index (χ1) is 13.2. The molecule has 3 rings (SSSR count). The summed E-state index contributed by atoms with van der Waals surface area (Å²) in [7, 11) is 1.67. The van der Waals surface area contributed by atoms with E-state index in [4.69, 9.17) is 9.47 Å². The molecule has 1 amide bonds. The lowest BCUT2D eigenvalue weighted by atomic mass is 10.2.